The molecule has 0 bridgehead atoms. The van der Waals surface area contributed by atoms with Gasteiger partial charge in [0.15, 0.2) is 0 Å². The summed E-state index contributed by atoms with van der Waals surface area (Å²) in [6, 6.07) is 0. The van der Waals surface area contributed by atoms with Gasteiger partial charge in [0.05, 0.1) is 19.4 Å². The molecule has 4 heteroatoms. The summed E-state index contributed by atoms with van der Waals surface area (Å²) in [7, 11) is -2.82. The molecule has 0 unspecified atom stereocenters. The van der Waals surface area contributed by atoms with Crippen LogP contribution in [0.2, 0.25) is 0 Å². The topological polar surface area (TPSA) is 35.5 Å². The third kappa shape index (κ3) is 11.9. The first-order valence-corrected chi connectivity index (χ1v) is 10.3. The van der Waals surface area contributed by atoms with Gasteiger partial charge in [0, 0.05) is 0 Å². The van der Waals surface area contributed by atoms with E-state index >= 15 is 0 Å². The quantitative estimate of drug-likeness (QED) is 0.268. The average Bonchev–Trinajstić information content (AvgIpc) is 2.46. The van der Waals surface area contributed by atoms with Crippen LogP contribution >= 0.6 is 7.60 Å². The molecule has 0 aromatic rings. The van der Waals surface area contributed by atoms with E-state index in [-0.39, 0.29) is 0 Å². The van der Waals surface area contributed by atoms with Crippen LogP contribution in [0, 0.1) is 0 Å². The molecular weight excluding hydrogens is 271 g/mol. The van der Waals surface area contributed by atoms with Gasteiger partial charge in [-0.25, -0.2) is 0 Å². The minimum Gasteiger partial charge on any atom is -0.309 e. The predicted molar refractivity (Wildman–Crippen MR) is 87.6 cm³/mol. The summed E-state index contributed by atoms with van der Waals surface area (Å²) < 4.78 is 23.4. The summed E-state index contributed by atoms with van der Waals surface area (Å²) in [6.07, 6.45) is 12.3. The lowest BCUT2D eigenvalue weighted by molar-refractivity contribution is 0.204. The van der Waals surface area contributed by atoms with Crippen LogP contribution < -0.4 is 0 Å². The van der Waals surface area contributed by atoms with Crippen molar-refractivity contribution in [1.82, 2.24) is 0 Å². The second-order valence-corrected chi connectivity index (χ2v) is 7.66. The highest BCUT2D eigenvalue weighted by Crippen LogP contribution is 2.49. The van der Waals surface area contributed by atoms with Crippen molar-refractivity contribution in [2.24, 2.45) is 0 Å². The zero-order chi connectivity index (χ0) is 15.1. The highest BCUT2D eigenvalue weighted by atomic mass is 31.2. The Morgan fingerprint density at radius 2 is 1.10 bits per heavy atom. The van der Waals surface area contributed by atoms with Gasteiger partial charge in [0.1, 0.15) is 0 Å². The lowest BCUT2D eigenvalue weighted by Gasteiger charge is -2.18. The van der Waals surface area contributed by atoms with Gasteiger partial charge >= 0.3 is 7.60 Å². The monoisotopic (exact) mass is 306 g/mol. The Kier molecular flexibility index (Phi) is 14.2. The van der Waals surface area contributed by atoms with Gasteiger partial charge in [0.25, 0.3) is 0 Å². The fourth-order valence-electron chi connectivity index (χ4n) is 2.07. The Bertz CT molecular complexity index is 232. The average molecular weight is 306 g/mol. The van der Waals surface area contributed by atoms with E-state index in [9.17, 15) is 4.57 Å². The molecule has 0 radical (unpaired) electrons. The summed E-state index contributed by atoms with van der Waals surface area (Å²) in [5.74, 6) is 0. The summed E-state index contributed by atoms with van der Waals surface area (Å²) >= 11 is 0. The zero-order valence-corrected chi connectivity index (χ0v) is 14.8. The minimum absolute atomic E-state index is 0.540. The summed E-state index contributed by atoms with van der Waals surface area (Å²) in [5.41, 5.74) is 0. The Morgan fingerprint density at radius 3 is 1.55 bits per heavy atom. The van der Waals surface area contributed by atoms with Crippen molar-refractivity contribution in [1.29, 1.82) is 0 Å². The first-order valence-electron chi connectivity index (χ1n) is 8.56. The molecule has 0 aliphatic rings. The van der Waals surface area contributed by atoms with Gasteiger partial charge in [0.2, 0.25) is 0 Å². The standard InChI is InChI=1S/C16H35O3P/c1-4-7-8-9-10-11-12-13-16-20(17,18-14-5-2)19-15-6-3/h4-16H2,1-3H3. The van der Waals surface area contributed by atoms with Crippen LogP contribution in [0.15, 0.2) is 0 Å². The largest absolute Gasteiger partial charge is 0.330 e. The number of rotatable bonds is 15. The number of hydrogen-bond donors (Lipinski definition) is 0. The normalized spacial score (nSPS) is 11.9. The molecule has 0 heterocycles. The molecule has 0 aliphatic heterocycles. The van der Waals surface area contributed by atoms with Crippen LogP contribution in [0.5, 0.6) is 0 Å². The Labute approximate surface area is 126 Å². The van der Waals surface area contributed by atoms with Crippen molar-refractivity contribution in [3.63, 3.8) is 0 Å². The second kappa shape index (κ2) is 14.1. The van der Waals surface area contributed by atoms with Crippen molar-refractivity contribution in [3.8, 4) is 0 Å². The van der Waals surface area contributed by atoms with E-state index in [2.05, 4.69) is 6.92 Å². The van der Waals surface area contributed by atoms with Gasteiger partial charge in [-0.1, -0.05) is 65.7 Å². The molecular formula is C16H35O3P. The lowest BCUT2D eigenvalue weighted by Crippen LogP contribution is -2.02. The van der Waals surface area contributed by atoms with Gasteiger partial charge in [-0.2, -0.15) is 0 Å². The maximum absolute atomic E-state index is 12.5. The SMILES string of the molecule is CCCCCCCCCCP(=O)(OCCC)OCCC. The fraction of sp³-hybridized carbons (Fsp3) is 1.00. The fourth-order valence-corrected chi connectivity index (χ4v) is 3.93. The van der Waals surface area contributed by atoms with E-state index in [0.717, 1.165) is 25.7 Å². The van der Waals surface area contributed by atoms with Gasteiger partial charge in [-0.05, 0) is 19.3 Å². The van der Waals surface area contributed by atoms with Gasteiger partial charge in [-0.15, -0.1) is 0 Å². The number of unbranched alkanes of at least 4 members (excludes halogenated alkanes) is 7. The van der Waals surface area contributed by atoms with Gasteiger partial charge in [-0.3, -0.25) is 4.57 Å². The molecule has 0 aromatic heterocycles. The van der Waals surface area contributed by atoms with Crippen LogP contribution in [0.25, 0.3) is 0 Å². The van der Waals surface area contributed by atoms with E-state index in [4.69, 9.17) is 9.05 Å². The molecule has 20 heavy (non-hydrogen) atoms. The van der Waals surface area contributed by atoms with Gasteiger partial charge < -0.3 is 9.05 Å². The summed E-state index contributed by atoms with van der Waals surface area (Å²) in [5, 5.41) is 0. The third-order valence-corrected chi connectivity index (χ3v) is 5.29. The van der Waals surface area contributed by atoms with E-state index in [0.29, 0.717) is 19.4 Å². The van der Waals surface area contributed by atoms with E-state index in [1.807, 2.05) is 13.8 Å². The summed E-state index contributed by atoms with van der Waals surface area (Å²) in [4.78, 5) is 0. The highest BCUT2D eigenvalue weighted by molar-refractivity contribution is 7.53. The van der Waals surface area contributed by atoms with E-state index in [1.165, 1.54) is 38.5 Å². The van der Waals surface area contributed by atoms with Crippen molar-refractivity contribution >= 4 is 7.60 Å². The van der Waals surface area contributed by atoms with Crippen LogP contribution in [0.4, 0.5) is 0 Å². The maximum atomic E-state index is 12.5. The number of hydrogen-bond acceptors (Lipinski definition) is 3. The predicted octanol–water partition coefficient (Wildman–Crippen LogP) is 6.17. The lowest BCUT2D eigenvalue weighted by atomic mass is 10.1. The van der Waals surface area contributed by atoms with Crippen LogP contribution in [0.3, 0.4) is 0 Å². The Hall–Kier alpha value is 0.150. The van der Waals surface area contributed by atoms with Crippen LogP contribution in [-0.2, 0) is 13.6 Å². The highest BCUT2D eigenvalue weighted by Gasteiger charge is 2.23. The van der Waals surface area contributed by atoms with Crippen molar-refractivity contribution in [3.05, 3.63) is 0 Å². The van der Waals surface area contributed by atoms with Crippen LogP contribution in [0.1, 0.15) is 85.0 Å². The maximum Gasteiger partial charge on any atom is 0.330 e. The first kappa shape index (κ1) is 20.1. The van der Waals surface area contributed by atoms with E-state index < -0.39 is 7.60 Å². The molecule has 0 aromatic carbocycles. The Morgan fingerprint density at radius 1 is 0.650 bits per heavy atom. The van der Waals surface area contributed by atoms with E-state index in [1.54, 1.807) is 0 Å². The third-order valence-electron chi connectivity index (χ3n) is 3.27. The minimum atomic E-state index is -2.82. The molecule has 0 fully saturated rings. The molecule has 0 atom stereocenters. The van der Waals surface area contributed by atoms with Crippen molar-refractivity contribution in [2.45, 2.75) is 85.0 Å². The van der Waals surface area contributed by atoms with Crippen molar-refractivity contribution < 1.29 is 13.6 Å². The summed E-state index contributed by atoms with van der Waals surface area (Å²) in [6.45, 7) is 7.38. The molecule has 0 N–H and O–H groups in total. The molecule has 3 nitrogen and oxygen atoms in total. The van der Waals surface area contributed by atoms with Crippen LogP contribution in [-0.4, -0.2) is 19.4 Å². The molecule has 0 rings (SSSR count). The second-order valence-electron chi connectivity index (χ2n) is 5.48. The molecule has 0 saturated carbocycles. The molecule has 0 amide bonds. The molecule has 0 aliphatic carbocycles. The smallest absolute Gasteiger partial charge is 0.309 e. The first-order chi connectivity index (χ1) is 9.68. The van der Waals surface area contributed by atoms with Crippen molar-refractivity contribution in [2.75, 3.05) is 19.4 Å². The molecule has 122 valence electrons. The molecule has 0 spiro atoms. The Balaban J connectivity index is 3.70. The molecule has 0 saturated heterocycles. The zero-order valence-electron chi connectivity index (χ0n) is 13.9.